The zero-order valence-corrected chi connectivity index (χ0v) is 10.5. The summed E-state index contributed by atoms with van der Waals surface area (Å²) in [4.78, 5) is 0. The summed E-state index contributed by atoms with van der Waals surface area (Å²) in [6.45, 7) is 4.76. The standard InChI is InChI=1S/C12H23NS/c1-12(2)7-10(8-12)13-9-4-5-11(6-9)14-3/h9-11,13H,4-8H2,1-3H3. The Balaban J connectivity index is 1.68. The molecule has 82 valence electrons. The van der Waals surface area contributed by atoms with E-state index in [-0.39, 0.29) is 0 Å². The van der Waals surface area contributed by atoms with Crippen LogP contribution in [0.2, 0.25) is 0 Å². The molecule has 0 spiro atoms. The van der Waals surface area contributed by atoms with Crippen molar-refractivity contribution >= 4 is 11.8 Å². The molecular weight excluding hydrogens is 190 g/mol. The van der Waals surface area contributed by atoms with Crippen molar-refractivity contribution in [1.29, 1.82) is 0 Å². The molecule has 0 aromatic carbocycles. The maximum Gasteiger partial charge on any atom is 0.00805 e. The van der Waals surface area contributed by atoms with Gasteiger partial charge < -0.3 is 5.32 Å². The minimum atomic E-state index is 0.620. The van der Waals surface area contributed by atoms with E-state index in [4.69, 9.17) is 0 Å². The van der Waals surface area contributed by atoms with Gasteiger partial charge in [-0.15, -0.1) is 0 Å². The second-order valence-electron chi connectivity index (χ2n) is 5.80. The summed E-state index contributed by atoms with van der Waals surface area (Å²) >= 11 is 2.05. The maximum atomic E-state index is 3.82. The molecule has 2 rings (SSSR count). The Labute approximate surface area is 92.4 Å². The second-order valence-corrected chi connectivity index (χ2v) is 6.94. The van der Waals surface area contributed by atoms with E-state index in [1.807, 2.05) is 11.8 Å². The summed E-state index contributed by atoms with van der Waals surface area (Å²) in [5, 5.41) is 4.75. The number of rotatable bonds is 3. The van der Waals surface area contributed by atoms with E-state index >= 15 is 0 Å². The predicted molar refractivity (Wildman–Crippen MR) is 64.9 cm³/mol. The van der Waals surface area contributed by atoms with Gasteiger partial charge in [-0.3, -0.25) is 0 Å². The maximum absolute atomic E-state index is 3.82. The molecule has 2 aliphatic carbocycles. The molecule has 0 amide bonds. The van der Waals surface area contributed by atoms with Crippen LogP contribution in [0.25, 0.3) is 0 Å². The van der Waals surface area contributed by atoms with Gasteiger partial charge in [-0.25, -0.2) is 0 Å². The van der Waals surface area contributed by atoms with Crippen molar-refractivity contribution in [2.75, 3.05) is 6.26 Å². The molecule has 14 heavy (non-hydrogen) atoms. The molecule has 0 aliphatic heterocycles. The first-order valence-corrected chi connectivity index (χ1v) is 7.17. The molecule has 2 saturated carbocycles. The molecule has 1 N–H and O–H groups in total. The fraction of sp³-hybridized carbons (Fsp3) is 1.00. The monoisotopic (exact) mass is 213 g/mol. The van der Waals surface area contributed by atoms with Crippen LogP contribution in [-0.2, 0) is 0 Å². The first-order valence-electron chi connectivity index (χ1n) is 5.88. The Hall–Kier alpha value is 0.310. The summed E-state index contributed by atoms with van der Waals surface area (Å²) in [6, 6.07) is 1.66. The third kappa shape index (κ3) is 2.46. The van der Waals surface area contributed by atoms with Crippen molar-refractivity contribution in [3.63, 3.8) is 0 Å². The summed E-state index contributed by atoms with van der Waals surface area (Å²) in [5.74, 6) is 0. The average molecular weight is 213 g/mol. The van der Waals surface area contributed by atoms with E-state index in [9.17, 15) is 0 Å². The van der Waals surface area contributed by atoms with Crippen LogP contribution < -0.4 is 5.32 Å². The van der Waals surface area contributed by atoms with Crippen LogP contribution in [0.3, 0.4) is 0 Å². The van der Waals surface area contributed by atoms with Crippen molar-refractivity contribution in [3.8, 4) is 0 Å². The highest BCUT2D eigenvalue weighted by Gasteiger charge is 2.37. The number of hydrogen-bond acceptors (Lipinski definition) is 2. The number of thioether (sulfide) groups is 1. The lowest BCUT2D eigenvalue weighted by molar-refractivity contribution is 0.117. The lowest BCUT2D eigenvalue weighted by atomic mass is 9.68. The summed E-state index contributed by atoms with van der Waals surface area (Å²) in [5.41, 5.74) is 0.620. The molecule has 0 saturated heterocycles. The topological polar surface area (TPSA) is 12.0 Å². The van der Waals surface area contributed by atoms with E-state index < -0.39 is 0 Å². The lowest BCUT2D eigenvalue weighted by Crippen LogP contribution is -2.49. The Bertz CT molecular complexity index is 194. The zero-order chi connectivity index (χ0) is 10.2. The fourth-order valence-electron chi connectivity index (χ4n) is 3.03. The van der Waals surface area contributed by atoms with Gasteiger partial charge in [-0.2, -0.15) is 11.8 Å². The molecule has 2 atom stereocenters. The van der Waals surface area contributed by atoms with E-state index in [1.54, 1.807) is 0 Å². The Kier molecular flexibility index (Phi) is 3.13. The smallest absolute Gasteiger partial charge is 0.00805 e. The largest absolute Gasteiger partial charge is 0.311 e. The van der Waals surface area contributed by atoms with E-state index in [0.717, 1.165) is 17.3 Å². The van der Waals surface area contributed by atoms with Crippen molar-refractivity contribution in [2.24, 2.45) is 5.41 Å². The fourth-order valence-corrected chi connectivity index (χ4v) is 3.83. The normalized spacial score (nSPS) is 37.1. The lowest BCUT2D eigenvalue weighted by Gasteiger charge is -2.44. The van der Waals surface area contributed by atoms with Crippen molar-refractivity contribution in [3.05, 3.63) is 0 Å². The summed E-state index contributed by atoms with van der Waals surface area (Å²) in [6.07, 6.45) is 9.25. The SMILES string of the molecule is CSC1CCC(NC2CC(C)(C)C2)C1. The summed E-state index contributed by atoms with van der Waals surface area (Å²) < 4.78 is 0. The quantitative estimate of drug-likeness (QED) is 0.773. The predicted octanol–water partition coefficient (Wildman–Crippen LogP) is 3.05. The van der Waals surface area contributed by atoms with Crippen LogP contribution in [0.15, 0.2) is 0 Å². The highest BCUT2D eigenvalue weighted by atomic mass is 32.2. The van der Waals surface area contributed by atoms with Gasteiger partial charge in [0.25, 0.3) is 0 Å². The number of hydrogen-bond donors (Lipinski definition) is 1. The average Bonchev–Trinajstić information content (AvgIpc) is 2.49. The molecule has 1 nitrogen and oxygen atoms in total. The molecular formula is C12H23NS. The zero-order valence-electron chi connectivity index (χ0n) is 9.68. The van der Waals surface area contributed by atoms with Gasteiger partial charge in [0.2, 0.25) is 0 Å². The Morgan fingerprint density at radius 1 is 1.14 bits per heavy atom. The van der Waals surface area contributed by atoms with Crippen molar-refractivity contribution < 1.29 is 0 Å². The molecule has 2 fully saturated rings. The molecule has 2 aliphatic rings. The van der Waals surface area contributed by atoms with Crippen LogP contribution in [0.1, 0.15) is 46.0 Å². The van der Waals surface area contributed by atoms with E-state index in [0.29, 0.717) is 5.41 Å². The molecule has 0 aromatic heterocycles. The second kappa shape index (κ2) is 4.05. The van der Waals surface area contributed by atoms with Crippen LogP contribution in [0, 0.1) is 5.41 Å². The van der Waals surface area contributed by atoms with Gasteiger partial charge in [-0.1, -0.05) is 13.8 Å². The first kappa shape index (κ1) is 10.8. The van der Waals surface area contributed by atoms with Crippen molar-refractivity contribution in [1.82, 2.24) is 5.32 Å². The minimum Gasteiger partial charge on any atom is -0.311 e. The number of nitrogens with one attached hydrogen (secondary N) is 1. The first-order chi connectivity index (χ1) is 6.59. The van der Waals surface area contributed by atoms with Crippen LogP contribution >= 0.6 is 11.8 Å². The highest BCUT2D eigenvalue weighted by molar-refractivity contribution is 7.99. The summed E-state index contributed by atoms with van der Waals surface area (Å²) in [7, 11) is 0. The Morgan fingerprint density at radius 2 is 1.86 bits per heavy atom. The van der Waals surface area contributed by atoms with Gasteiger partial charge in [0.1, 0.15) is 0 Å². The van der Waals surface area contributed by atoms with Gasteiger partial charge in [0.15, 0.2) is 0 Å². The molecule has 0 heterocycles. The van der Waals surface area contributed by atoms with Gasteiger partial charge in [0, 0.05) is 17.3 Å². The molecule has 0 aromatic rings. The Morgan fingerprint density at radius 3 is 2.36 bits per heavy atom. The third-order valence-electron chi connectivity index (χ3n) is 3.79. The van der Waals surface area contributed by atoms with Gasteiger partial charge in [0.05, 0.1) is 0 Å². The van der Waals surface area contributed by atoms with Gasteiger partial charge in [-0.05, 0) is 43.8 Å². The molecule has 0 radical (unpaired) electrons. The molecule has 0 bridgehead atoms. The molecule has 2 heteroatoms. The van der Waals surface area contributed by atoms with Crippen LogP contribution in [-0.4, -0.2) is 23.6 Å². The van der Waals surface area contributed by atoms with Crippen molar-refractivity contribution in [2.45, 2.75) is 63.3 Å². The highest BCUT2D eigenvalue weighted by Crippen LogP contribution is 2.41. The molecule has 2 unspecified atom stereocenters. The van der Waals surface area contributed by atoms with E-state index in [2.05, 4.69) is 25.4 Å². The van der Waals surface area contributed by atoms with E-state index in [1.165, 1.54) is 32.1 Å². The van der Waals surface area contributed by atoms with Crippen LogP contribution in [0.5, 0.6) is 0 Å². The third-order valence-corrected chi connectivity index (χ3v) is 4.88. The minimum absolute atomic E-state index is 0.620. The van der Waals surface area contributed by atoms with Gasteiger partial charge >= 0.3 is 0 Å². The van der Waals surface area contributed by atoms with Crippen LogP contribution in [0.4, 0.5) is 0 Å².